The van der Waals surface area contributed by atoms with Gasteiger partial charge >= 0.3 is 6.03 Å². The standard InChI is InChI=1S/C31H41ClF2N8O5S/c32-27-13-20(31(33,34)19-1-3-22(4-2-19)37-30(45)40-17-25(36)26(43)18-40)14-28(38-27)39-9-11-41(12-10-39)48(46,47)24-7-5-23(6-8-24)42-16-21(35)15-29(42)44/h5-8,13-14,19,21-22,25-26,43H,1-4,9-12,15-18,35-36H2,(H,37,45)/t19?,21-,22?,25-,26+/m1/s1. The third-order valence-corrected chi connectivity index (χ3v) is 12.0. The van der Waals surface area contributed by atoms with Gasteiger partial charge in [-0.2, -0.15) is 4.31 Å². The average Bonchev–Trinajstić information content (AvgIpc) is 3.59. The van der Waals surface area contributed by atoms with Crippen LogP contribution in [0.1, 0.15) is 37.7 Å². The second-order valence-corrected chi connectivity index (χ2v) is 15.5. The number of likely N-dealkylation sites (tertiary alicyclic amines) is 1. The molecule has 3 aliphatic heterocycles. The van der Waals surface area contributed by atoms with E-state index in [9.17, 15) is 23.1 Å². The average molecular weight is 711 g/mol. The van der Waals surface area contributed by atoms with Crippen LogP contribution in [-0.4, -0.2) is 110 Å². The molecule has 262 valence electrons. The van der Waals surface area contributed by atoms with Gasteiger partial charge in [0.15, 0.2) is 0 Å². The number of β-amino-alcohol motifs (C(OH)–C–C–N with tert-alkyl or cyclic N) is 1. The summed E-state index contributed by atoms with van der Waals surface area (Å²) in [6.45, 7) is 1.43. The van der Waals surface area contributed by atoms with Gasteiger partial charge in [0, 0.05) is 87.5 Å². The van der Waals surface area contributed by atoms with E-state index in [0.717, 1.165) is 0 Å². The van der Waals surface area contributed by atoms with Gasteiger partial charge in [-0.05, 0) is 62.1 Å². The van der Waals surface area contributed by atoms with Crippen molar-refractivity contribution in [1.29, 1.82) is 0 Å². The van der Waals surface area contributed by atoms with Crippen LogP contribution in [0.2, 0.25) is 5.15 Å². The van der Waals surface area contributed by atoms with E-state index in [4.69, 9.17) is 23.1 Å². The number of benzene rings is 1. The summed E-state index contributed by atoms with van der Waals surface area (Å²) in [6, 6.07) is 7.26. The molecule has 4 heterocycles. The molecular weight excluding hydrogens is 670 g/mol. The van der Waals surface area contributed by atoms with Gasteiger partial charge in [0.1, 0.15) is 11.0 Å². The molecule has 3 atom stereocenters. The summed E-state index contributed by atoms with van der Waals surface area (Å²) < 4.78 is 60.0. The molecule has 6 N–H and O–H groups in total. The normalized spacial score (nSPS) is 27.5. The van der Waals surface area contributed by atoms with E-state index in [-0.39, 0.29) is 104 Å². The predicted molar refractivity (Wildman–Crippen MR) is 175 cm³/mol. The molecule has 1 aliphatic carbocycles. The monoisotopic (exact) mass is 710 g/mol. The summed E-state index contributed by atoms with van der Waals surface area (Å²) in [5.74, 6) is -4.03. The number of aromatic nitrogens is 1. The maximum absolute atomic E-state index is 15.9. The number of urea groups is 1. The third kappa shape index (κ3) is 7.09. The highest BCUT2D eigenvalue weighted by Crippen LogP contribution is 2.45. The molecule has 3 saturated heterocycles. The molecule has 17 heteroatoms. The summed E-state index contributed by atoms with van der Waals surface area (Å²) in [4.78, 5) is 33.9. The van der Waals surface area contributed by atoms with Crippen molar-refractivity contribution < 1.29 is 31.9 Å². The quantitative estimate of drug-likeness (QED) is 0.311. The van der Waals surface area contributed by atoms with Crippen molar-refractivity contribution in [2.75, 3.05) is 55.6 Å². The molecule has 0 bridgehead atoms. The number of carbonyl (C=O) groups excluding carboxylic acids is 2. The van der Waals surface area contributed by atoms with E-state index >= 15 is 8.78 Å². The maximum atomic E-state index is 15.9. The molecule has 1 aromatic carbocycles. The largest absolute Gasteiger partial charge is 0.390 e. The Labute approximate surface area is 283 Å². The number of alkyl halides is 2. The molecule has 4 fully saturated rings. The number of aliphatic hydroxyl groups excluding tert-OH is 1. The molecule has 0 radical (unpaired) electrons. The number of nitrogens with zero attached hydrogens (tertiary/aromatic N) is 5. The number of pyridine rings is 1. The first-order chi connectivity index (χ1) is 22.7. The Balaban J connectivity index is 1.05. The van der Waals surface area contributed by atoms with E-state index in [1.165, 1.54) is 33.5 Å². The van der Waals surface area contributed by atoms with Gasteiger partial charge in [0.05, 0.1) is 11.0 Å². The second-order valence-electron chi connectivity index (χ2n) is 13.1. The number of amides is 3. The van der Waals surface area contributed by atoms with E-state index < -0.39 is 34.0 Å². The minimum Gasteiger partial charge on any atom is -0.390 e. The number of rotatable bonds is 7. The Kier molecular flexibility index (Phi) is 9.86. The van der Waals surface area contributed by atoms with Crippen LogP contribution in [0.4, 0.5) is 25.1 Å². The van der Waals surface area contributed by atoms with E-state index in [0.29, 0.717) is 25.1 Å². The number of piperazine rings is 1. The SMILES string of the molecule is N[C@@H]1CC(=O)N(c2ccc(S(=O)(=O)N3CCN(c4cc(C(F)(F)C5CCC(NC(=O)N6C[C@@H](N)[C@@H](O)C6)CC5)cc(Cl)n4)CC3)cc2)C1. The topological polar surface area (TPSA) is 178 Å². The number of sulfonamides is 1. The highest BCUT2D eigenvalue weighted by molar-refractivity contribution is 7.89. The number of halogens is 3. The zero-order valence-electron chi connectivity index (χ0n) is 26.3. The van der Waals surface area contributed by atoms with Gasteiger partial charge < -0.3 is 36.6 Å². The predicted octanol–water partition coefficient (Wildman–Crippen LogP) is 1.67. The first-order valence-electron chi connectivity index (χ1n) is 16.2. The molecule has 13 nitrogen and oxygen atoms in total. The first kappa shape index (κ1) is 34.7. The van der Waals surface area contributed by atoms with E-state index in [1.54, 1.807) is 21.9 Å². The fourth-order valence-electron chi connectivity index (χ4n) is 7.01. The van der Waals surface area contributed by atoms with Crippen molar-refractivity contribution in [3.63, 3.8) is 0 Å². The molecule has 48 heavy (non-hydrogen) atoms. The number of aliphatic hydroxyl groups is 1. The molecule has 4 aliphatic rings. The van der Waals surface area contributed by atoms with Crippen LogP contribution in [0.15, 0.2) is 41.3 Å². The van der Waals surface area contributed by atoms with Crippen LogP contribution in [0.5, 0.6) is 0 Å². The Hall–Kier alpha value is -3.15. The van der Waals surface area contributed by atoms with Crippen LogP contribution in [0.3, 0.4) is 0 Å². The van der Waals surface area contributed by atoms with Gasteiger partial charge in [-0.15, -0.1) is 0 Å². The van der Waals surface area contributed by atoms with Crippen LogP contribution in [0.25, 0.3) is 0 Å². The summed E-state index contributed by atoms with van der Waals surface area (Å²) >= 11 is 6.25. The number of nitrogens with two attached hydrogens (primary N) is 2. The van der Waals surface area contributed by atoms with Crippen molar-refractivity contribution in [2.24, 2.45) is 17.4 Å². The maximum Gasteiger partial charge on any atom is 0.317 e. The fraction of sp³-hybridized carbons (Fsp3) is 0.581. The van der Waals surface area contributed by atoms with Crippen molar-refractivity contribution in [3.8, 4) is 0 Å². The number of nitrogens with one attached hydrogen (secondary N) is 1. The van der Waals surface area contributed by atoms with Gasteiger partial charge in [-0.3, -0.25) is 4.79 Å². The number of carbonyl (C=O) groups is 2. The Morgan fingerprint density at radius 2 is 1.67 bits per heavy atom. The Morgan fingerprint density at radius 3 is 2.25 bits per heavy atom. The summed E-state index contributed by atoms with van der Waals surface area (Å²) in [5.41, 5.74) is 12.0. The first-order valence-corrected chi connectivity index (χ1v) is 18.0. The van der Waals surface area contributed by atoms with Crippen LogP contribution >= 0.6 is 11.6 Å². The fourth-order valence-corrected chi connectivity index (χ4v) is 8.63. The van der Waals surface area contributed by atoms with Crippen LogP contribution in [-0.2, 0) is 20.7 Å². The van der Waals surface area contributed by atoms with Crippen molar-refractivity contribution >= 4 is 45.1 Å². The zero-order chi connectivity index (χ0) is 34.4. The van der Waals surface area contributed by atoms with Gasteiger partial charge in [-0.25, -0.2) is 27.0 Å². The highest BCUT2D eigenvalue weighted by atomic mass is 35.5. The summed E-state index contributed by atoms with van der Waals surface area (Å²) in [6.07, 6.45) is 0.602. The van der Waals surface area contributed by atoms with Crippen molar-refractivity contribution in [2.45, 2.75) is 67.2 Å². The lowest BCUT2D eigenvalue weighted by Gasteiger charge is -2.36. The van der Waals surface area contributed by atoms with E-state index in [2.05, 4.69) is 10.3 Å². The zero-order valence-corrected chi connectivity index (χ0v) is 27.9. The van der Waals surface area contributed by atoms with Gasteiger partial charge in [0.25, 0.3) is 5.92 Å². The summed E-state index contributed by atoms with van der Waals surface area (Å²) in [7, 11) is -3.84. The van der Waals surface area contributed by atoms with Gasteiger partial charge in [0.2, 0.25) is 15.9 Å². The third-order valence-electron chi connectivity index (χ3n) is 9.86. The van der Waals surface area contributed by atoms with Gasteiger partial charge in [-0.1, -0.05) is 11.6 Å². The minimum absolute atomic E-state index is 0.0817. The van der Waals surface area contributed by atoms with Crippen LogP contribution in [0, 0.1) is 5.92 Å². The molecule has 1 saturated carbocycles. The number of anilines is 2. The lowest BCUT2D eigenvalue weighted by atomic mass is 9.80. The summed E-state index contributed by atoms with van der Waals surface area (Å²) in [5, 5.41) is 12.6. The number of hydrogen-bond acceptors (Lipinski definition) is 9. The molecule has 0 spiro atoms. The Bertz CT molecular complexity index is 1610. The smallest absolute Gasteiger partial charge is 0.317 e. The second kappa shape index (κ2) is 13.6. The molecule has 1 aromatic heterocycles. The lowest BCUT2D eigenvalue weighted by molar-refractivity contribution is -0.117. The lowest BCUT2D eigenvalue weighted by Crippen LogP contribution is -2.49. The van der Waals surface area contributed by atoms with Crippen molar-refractivity contribution in [3.05, 3.63) is 47.1 Å². The molecule has 0 unspecified atom stereocenters. The molecule has 6 rings (SSSR count). The molecule has 2 aromatic rings. The molecular formula is C31H41ClF2N8O5S. The Morgan fingerprint density at radius 1 is 1.00 bits per heavy atom. The number of hydrogen-bond donors (Lipinski definition) is 4. The minimum atomic E-state index is -3.84. The van der Waals surface area contributed by atoms with Crippen molar-refractivity contribution in [1.82, 2.24) is 19.5 Å². The van der Waals surface area contributed by atoms with Crippen LogP contribution < -0.4 is 26.6 Å². The molecule has 3 amide bonds. The van der Waals surface area contributed by atoms with E-state index in [1.807, 2.05) is 0 Å². The highest BCUT2D eigenvalue weighted by Gasteiger charge is 2.44.